The highest BCUT2D eigenvalue weighted by Crippen LogP contribution is 2.38. The number of Topliss-reactive ketones (excluding diaryl/α,β-unsaturated/α-hetero) is 1. The van der Waals surface area contributed by atoms with E-state index >= 15 is 0 Å². The Kier molecular flexibility index (Phi) is 6.91. The minimum Gasteiger partial charge on any atom is -0.387 e. The van der Waals surface area contributed by atoms with Crippen LogP contribution in [0, 0.1) is 0 Å². The Balaban J connectivity index is 1.87. The molecule has 0 saturated carbocycles. The van der Waals surface area contributed by atoms with Gasteiger partial charge in [-0.1, -0.05) is 6.92 Å². The zero-order chi connectivity index (χ0) is 22.9. The van der Waals surface area contributed by atoms with Gasteiger partial charge in [-0.25, -0.2) is 9.55 Å². The lowest BCUT2D eigenvalue weighted by atomic mass is 10.1. The molecule has 31 heavy (non-hydrogen) atoms. The minimum absolute atomic E-state index is 0.00520. The fraction of sp³-hybridized carbons (Fsp3) is 0.625. The minimum atomic E-state index is -4.81. The number of aliphatic hydroxyl groups is 2. The molecule has 15 heteroatoms. The number of aromatic nitrogens is 4. The van der Waals surface area contributed by atoms with Crippen molar-refractivity contribution in [2.24, 2.45) is 0 Å². The van der Waals surface area contributed by atoms with Crippen LogP contribution in [0.25, 0.3) is 11.2 Å². The van der Waals surface area contributed by atoms with Gasteiger partial charge in [0.05, 0.1) is 19.0 Å². The number of aliphatic hydroxyl groups excluding tert-OH is 2. The standard InChI is InChI=1S/C16H24N5O9P/c1-3-4-8(22)7(2)18-16-19-13-10(14(25)20-16)17-6-21(13)15-12(24)11(23)9(30-15)5-29-31(26,27)28/h6-7,9,11-12,15,23-24H,3-5H2,1-2H3,(H2,26,27,28)(H2,18,19,20,25)/t7?,9-,11-,12-,15-/m1/s1. The van der Waals surface area contributed by atoms with E-state index in [1.54, 1.807) is 6.92 Å². The first-order valence-electron chi connectivity index (χ1n) is 9.49. The smallest absolute Gasteiger partial charge is 0.387 e. The number of aromatic amines is 1. The van der Waals surface area contributed by atoms with Crippen LogP contribution in [-0.2, 0) is 18.6 Å². The molecule has 172 valence electrons. The Morgan fingerprint density at radius 3 is 2.77 bits per heavy atom. The first kappa shape index (κ1) is 23.5. The molecular weight excluding hydrogens is 437 g/mol. The van der Waals surface area contributed by atoms with Gasteiger partial charge in [-0.2, -0.15) is 4.98 Å². The molecule has 5 atom stereocenters. The first-order chi connectivity index (χ1) is 14.5. The van der Waals surface area contributed by atoms with Gasteiger partial charge in [-0.3, -0.25) is 23.7 Å². The van der Waals surface area contributed by atoms with Crippen LogP contribution in [-0.4, -0.2) is 76.3 Å². The van der Waals surface area contributed by atoms with Crippen molar-refractivity contribution in [2.75, 3.05) is 11.9 Å². The number of H-pyrrole nitrogens is 1. The Hall–Kier alpha value is -2.19. The van der Waals surface area contributed by atoms with Gasteiger partial charge in [0.2, 0.25) is 5.95 Å². The fourth-order valence-electron chi connectivity index (χ4n) is 3.20. The third kappa shape index (κ3) is 5.18. The largest absolute Gasteiger partial charge is 0.469 e. The van der Waals surface area contributed by atoms with Crippen molar-refractivity contribution in [3.8, 4) is 0 Å². The van der Waals surface area contributed by atoms with E-state index in [0.29, 0.717) is 12.8 Å². The highest BCUT2D eigenvalue weighted by atomic mass is 31.2. The molecule has 2 aromatic rings. The second-order valence-corrected chi connectivity index (χ2v) is 8.39. The van der Waals surface area contributed by atoms with Crippen molar-refractivity contribution in [1.29, 1.82) is 0 Å². The van der Waals surface area contributed by atoms with Crippen LogP contribution in [0.1, 0.15) is 32.9 Å². The fourth-order valence-corrected chi connectivity index (χ4v) is 3.54. The SMILES string of the molecule is CCCC(=O)C(C)Nc1nc2c(ncn2[C@@H]2O[C@H](COP(=O)(O)O)[C@@H](O)[C@H]2O)c(=O)[nH]1. The van der Waals surface area contributed by atoms with Crippen LogP contribution >= 0.6 is 7.82 Å². The van der Waals surface area contributed by atoms with Gasteiger partial charge in [0.15, 0.2) is 23.2 Å². The third-order valence-electron chi connectivity index (χ3n) is 4.78. The molecule has 3 heterocycles. The van der Waals surface area contributed by atoms with Gasteiger partial charge in [-0.15, -0.1) is 0 Å². The monoisotopic (exact) mass is 461 g/mol. The lowest BCUT2D eigenvalue weighted by Crippen LogP contribution is -2.33. The molecule has 14 nitrogen and oxygen atoms in total. The van der Waals surface area contributed by atoms with Crippen molar-refractivity contribution in [1.82, 2.24) is 19.5 Å². The quantitative estimate of drug-likeness (QED) is 0.249. The lowest BCUT2D eigenvalue weighted by molar-refractivity contribution is -0.119. The van der Waals surface area contributed by atoms with Crippen molar-refractivity contribution in [2.45, 2.75) is 57.3 Å². The number of hydrogen-bond acceptors (Lipinski definition) is 10. The molecule has 0 aliphatic carbocycles. The number of rotatable bonds is 9. The Labute approximate surface area is 175 Å². The number of imidazole rings is 1. The van der Waals surface area contributed by atoms with E-state index in [1.807, 2.05) is 6.92 Å². The van der Waals surface area contributed by atoms with Crippen LogP contribution in [0.5, 0.6) is 0 Å². The predicted molar refractivity (Wildman–Crippen MR) is 105 cm³/mol. The number of phosphoric acid groups is 1. The number of phosphoric ester groups is 1. The normalized spacial score (nSPS) is 25.1. The molecule has 3 rings (SSSR count). The number of anilines is 1. The molecule has 0 amide bonds. The van der Waals surface area contributed by atoms with Gasteiger partial charge in [0.25, 0.3) is 5.56 Å². The summed E-state index contributed by atoms with van der Waals surface area (Å²) in [6.45, 7) is 2.82. The highest BCUT2D eigenvalue weighted by molar-refractivity contribution is 7.46. The average Bonchev–Trinajstić information content (AvgIpc) is 3.22. The van der Waals surface area contributed by atoms with E-state index in [0.717, 1.165) is 0 Å². The second-order valence-electron chi connectivity index (χ2n) is 7.15. The molecule has 1 fully saturated rings. The maximum Gasteiger partial charge on any atom is 0.469 e. The van der Waals surface area contributed by atoms with Crippen molar-refractivity contribution < 1.29 is 38.6 Å². The molecule has 2 aromatic heterocycles. The number of carbonyl (C=O) groups excluding carboxylic acids is 1. The number of carbonyl (C=O) groups is 1. The van der Waals surface area contributed by atoms with Gasteiger partial charge >= 0.3 is 7.82 Å². The van der Waals surface area contributed by atoms with Crippen LogP contribution in [0.4, 0.5) is 5.95 Å². The van der Waals surface area contributed by atoms with Crippen LogP contribution in [0.2, 0.25) is 0 Å². The van der Waals surface area contributed by atoms with E-state index in [-0.39, 0.29) is 22.9 Å². The number of ketones is 1. The molecule has 1 aliphatic heterocycles. The molecular formula is C16H24N5O9P. The summed E-state index contributed by atoms with van der Waals surface area (Å²) < 4.78 is 21.9. The van der Waals surface area contributed by atoms with Gasteiger partial charge in [0.1, 0.15) is 18.3 Å². The van der Waals surface area contributed by atoms with E-state index in [4.69, 9.17) is 14.5 Å². The van der Waals surface area contributed by atoms with Crippen LogP contribution in [0.15, 0.2) is 11.1 Å². The topological polar surface area (TPSA) is 209 Å². The molecule has 0 radical (unpaired) electrons. The summed E-state index contributed by atoms with van der Waals surface area (Å²) in [5.74, 6) is -0.0602. The van der Waals surface area contributed by atoms with Crippen molar-refractivity contribution >= 4 is 30.7 Å². The summed E-state index contributed by atoms with van der Waals surface area (Å²) in [6.07, 6.45) is -3.35. The summed E-state index contributed by atoms with van der Waals surface area (Å²) in [5.41, 5.74) is -0.664. The Bertz CT molecular complexity index is 1050. The van der Waals surface area contributed by atoms with E-state index < -0.39 is 50.6 Å². The number of nitrogens with one attached hydrogen (secondary N) is 2. The van der Waals surface area contributed by atoms with Crippen molar-refractivity contribution in [3.63, 3.8) is 0 Å². The zero-order valence-electron chi connectivity index (χ0n) is 16.7. The summed E-state index contributed by atoms with van der Waals surface area (Å²) in [4.78, 5) is 52.7. The Morgan fingerprint density at radius 1 is 1.42 bits per heavy atom. The number of hydrogen-bond donors (Lipinski definition) is 6. The maximum absolute atomic E-state index is 12.4. The number of nitrogens with zero attached hydrogens (tertiary/aromatic N) is 3. The second kappa shape index (κ2) is 9.12. The van der Waals surface area contributed by atoms with Crippen LogP contribution < -0.4 is 10.9 Å². The summed E-state index contributed by atoms with van der Waals surface area (Å²) >= 11 is 0. The summed E-state index contributed by atoms with van der Waals surface area (Å²) in [7, 11) is -4.81. The third-order valence-corrected chi connectivity index (χ3v) is 5.27. The number of fused-ring (bicyclic) bond motifs is 1. The zero-order valence-corrected chi connectivity index (χ0v) is 17.6. The lowest BCUT2D eigenvalue weighted by Gasteiger charge is -2.17. The van der Waals surface area contributed by atoms with E-state index in [9.17, 15) is 24.4 Å². The predicted octanol–water partition coefficient (Wildman–Crippen LogP) is -0.982. The Morgan fingerprint density at radius 2 is 2.13 bits per heavy atom. The molecule has 0 bridgehead atoms. The van der Waals surface area contributed by atoms with Gasteiger partial charge in [0, 0.05) is 6.42 Å². The van der Waals surface area contributed by atoms with Crippen LogP contribution in [0.3, 0.4) is 0 Å². The summed E-state index contributed by atoms with van der Waals surface area (Å²) in [6, 6.07) is -0.610. The summed E-state index contributed by atoms with van der Waals surface area (Å²) in [5, 5.41) is 23.3. The average molecular weight is 461 g/mol. The molecule has 1 unspecified atom stereocenters. The molecule has 0 spiro atoms. The van der Waals surface area contributed by atoms with Crippen molar-refractivity contribution in [3.05, 3.63) is 16.7 Å². The van der Waals surface area contributed by atoms with E-state index in [2.05, 4.69) is 24.8 Å². The van der Waals surface area contributed by atoms with Gasteiger partial charge in [-0.05, 0) is 13.3 Å². The molecule has 1 saturated heterocycles. The molecule has 1 aliphatic rings. The maximum atomic E-state index is 12.4. The highest BCUT2D eigenvalue weighted by Gasteiger charge is 2.45. The molecule has 6 N–H and O–H groups in total. The number of ether oxygens (including phenoxy) is 1. The molecule has 0 aromatic carbocycles. The van der Waals surface area contributed by atoms with E-state index in [1.165, 1.54) is 10.9 Å². The van der Waals surface area contributed by atoms with Gasteiger partial charge < -0.3 is 30.1 Å². The first-order valence-corrected chi connectivity index (χ1v) is 11.0.